The second kappa shape index (κ2) is 6.26. The van der Waals surface area contributed by atoms with Crippen LogP contribution in [0.25, 0.3) is 0 Å². The van der Waals surface area contributed by atoms with Gasteiger partial charge in [-0.25, -0.2) is 9.97 Å². The molecule has 0 atom stereocenters. The summed E-state index contributed by atoms with van der Waals surface area (Å²) in [7, 11) is 0. The summed E-state index contributed by atoms with van der Waals surface area (Å²) in [6, 6.07) is 7.46. The summed E-state index contributed by atoms with van der Waals surface area (Å²) in [5, 5.41) is 0.699. The molecule has 94 valence electrons. The number of ether oxygens (including phenoxy) is 1. The minimum atomic E-state index is 0.682. The van der Waals surface area contributed by atoms with Gasteiger partial charge in [0.1, 0.15) is 5.75 Å². The van der Waals surface area contributed by atoms with Gasteiger partial charge in [0.2, 0.25) is 0 Å². The number of aromatic nitrogens is 2. The minimum Gasteiger partial charge on any atom is -0.493 e. The van der Waals surface area contributed by atoms with Crippen LogP contribution in [-0.2, 0) is 0 Å². The Hall–Kier alpha value is -1.75. The van der Waals surface area contributed by atoms with E-state index in [0.29, 0.717) is 17.5 Å². The molecule has 0 radical (unpaired) electrons. The lowest BCUT2D eigenvalue weighted by Crippen LogP contribution is -1.96. The topological polar surface area (TPSA) is 61.0 Å². The minimum absolute atomic E-state index is 0.682. The molecular formula is C13H15N3OS. The van der Waals surface area contributed by atoms with Crippen LogP contribution in [0.5, 0.6) is 5.75 Å². The Bertz CT molecular complexity index is 505. The molecule has 2 rings (SSSR count). The predicted octanol–water partition coefficient (Wildman–Crippen LogP) is 3.00. The van der Waals surface area contributed by atoms with Crippen molar-refractivity contribution in [3.05, 3.63) is 36.7 Å². The van der Waals surface area contributed by atoms with Crippen LogP contribution < -0.4 is 10.5 Å². The number of benzene rings is 1. The fourth-order valence-corrected chi connectivity index (χ4v) is 2.21. The zero-order chi connectivity index (χ0) is 12.8. The third kappa shape index (κ3) is 3.63. The Morgan fingerprint density at radius 1 is 1.22 bits per heavy atom. The molecule has 0 saturated heterocycles. The maximum Gasteiger partial charge on any atom is 0.192 e. The fourth-order valence-electron chi connectivity index (χ4n) is 1.40. The molecule has 1 heterocycles. The van der Waals surface area contributed by atoms with Crippen molar-refractivity contribution < 1.29 is 4.74 Å². The average Bonchev–Trinajstić information content (AvgIpc) is 2.37. The Balaban J connectivity index is 2.15. The molecule has 18 heavy (non-hydrogen) atoms. The normalized spacial score (nSPS) is 10.3. The first-order valence-corrected chi connectivity index (χ1v) is 6.58. The average molecular weight is 261 g/mol. The first kappa shape index (κ1) is 12.7. The van der Waals surface area contributed by atoms with Crippen molar-refractivity contribution >= 4 is 17.4 Å². The SMILES string of the molecule is CCCOc1cc(N)cc(Sc2ncccn2)c1. The number of nitrogens with zero attached hydrogens (tertiary/aromatic N) is 2. The zero-order valence-corrected chi connectivity index (χ0v) is 11.0. The summed E-state index contributed by atoms with van der Waals surface area (Å²) in [6.07, 6.45) is 4.41. The second-order valence-corrected chi connectivity index (χ2v) is 4.76. The highest BCUT2D eigenvalue weighted by Gasteiger charge is 2.03. The molecule has 0 unspecified atom stereocenters. The molecular weight excluding hydrogens is 246 g/mol. The molecule has 2 aromatic rings. The lowest BCUT2D eigenvalue weighted by molar-refractivity contribution is 0.317. The van der Waals surface area contributed by atoms with Crippen LogP contribution in [0.2, 0.25) is 0 Å². The third-order valence-corrected chi connectivity index (χ3v) is 2.99. The van der Waals surface area contributed by atoms with Gasteiger partial charge in [-0.2, -0.15) is 0 Å². The van der Waals surface area contributed by atoms with Crippen molar-refractivity contribution in [2.75, 3.05) is 12.3 Å². The molecule has 2 N–H and O–H groups in total. The van der Waals surface area contributed by atoms with E-state index >= 15 is 0 Å². The van der Waals surface area contributed by atoms with Crippen LogP contribution in [0, 0.1) is 0 Å². The standard InChI is InChI=1S/C13H15N3OS/c1-2-6-17-11-7-10(14)8-12(9-11)18-13-15-4-3-5-16-13/h3-5,7-9H,2,6,14H2,1H3. The molecule has 0 amide bonds. The van der Waals surface area contributed by atoms with Crippen molar-refractivity contribution in [3.63, 3.8) is 0 Å². The van der Waals surface area contributed by atoms with Gasteiger partial charge in [-0.05, 0) is 36.4 Å². The van der Waals surface area contributed by atoms with Crippen molar-refractivity contribution in [1.29, 1.82) is 0 Å². The molecule has 0 fully saturated rings. The molecule has 1 aromatic heterocycles. The molecule has 0 aliphatic heterocycles. The summed E-state index contributed by atoms with van der Waals surface area (Å²) in [6.45, 7) is 2.76. The highest BCUT2D eigenvalue weighted by atomic mass is 32.2. The van der Waals surface area contributed by atoms with E-state index in [4.69, 9.17) is 10.5 Å². The fraction of sp³-hybridized carbons (Fsp3) is 0.231. The summed E-state index contributed by atoms with van der Waals surface area (Å²) >= 11 is 1.47. The van der Waals surface area contributed by atoms with E-state index in [1.807, 2.05) is 18.2 Å². The van der Waals surface area contributed by atoms with Crippen LogP contribution in [0.15, 0.2) is 46.7 Å². The van der Waals surface area contributed by atoms with Gasteiger partial charge in [0, 0.05) is 29.0 Å². The van der Waals surface area contributed by atoms with Crippen LogP contribution in [0.4, 0.5) is 5.69 Å². The van der Waals surface area contributed by atoms with Gasteiger partial charge < -0.3 is 10.5 Å². The largest absolute Gasteiger partial charge is 0.493 e. The van der Waals surface area contributed by atoms with E-state index in [2.05, 4.69) is 16.9 Å². The van der Waals surface area contributed by atoms with Gasteiger partial charge in [0.25, 0.3) is 0 Å². The lowest BCUT2D eigenvalue weighted by Gasteiger charge is -2.08. The maximum atomic E-state index is 5.85. The van der Waals surface area contributed by atoms with Gasteiger partial charge >= 0.3 is 0 Å². The van der Waals surface area contributed by atoms with Gasteiger partial charge in [0.05, 0.1) is 6.61 Å². The lowest BCUT2D eigenvalue weighted by atomic mass is 10.3. The molecule has 0 aliphatic rings. The predicted molar refractivity (Wildman–Crippen MR) is 72.8 cm³/mol. The Morgan fingerprint density at radius 3 is 2.72 bits per heavy atom. The van der Waals surface area contributed by atoms with Crippen molar-refractivity contribution in [1.82, 2.24) is 9.97 Å². The van der Waals surface area contributed by atoms with E-state index in [1.54, 1.807) is 18.5 Å². The van der Waals surface area contributed by atoms with Gasteiger partial charge in [-0.1, -0.05) is 6.92 Å². The number of nitrogens with two attached hydrogens (primary N) is 1. The number of hydrogen-bond donors (Lipinski definition) is 1. The molecule has 5 heteroatoms. The number of hydrogen-bond acceptors (Lipinski definition) is 5. The van der Waals surface area contributed by atoms with Crippen LogP contribution in [-0.4, -0.2) is 16.6 Å². The summed E-state index contributed by atoms with van der Waals surface area (Å²) in [5.74, 6) is 0.787. The maximum absolute atomic E-state index is 5.85. The molecule has 0 bridgehead atoms. The zero-order valence-electron chi connectivity index (χ0n) is 10.2. The number of rotatable bonds is 5. The summed E-state index contributed by atoms with van der Waals surface area (Å²) in [4.78, 5) is 9.31. The van der Waals surface area contributed by atoms with Gasteiger partial charge in [-0.15, -0.1) is 0 Å². The highest BCUT2D eigenvalue weighted by molar-refractivity contribution is 7.99. The highest BCUT2D eigenvalue weighted by Crippen LogP contribution is 2.30. The first-order chi connectivity index (χ1) is 8.78. The van der Waals surface area contributed by atoms with Gasteiger partial charge in [0.15, 0.2) is 5.16 Å². The van der Waals surface area contributed by atoms with Crippen molar-refractivity contribution in [2.24, 2.45) is 0 Å². The van der Waals surface area contributed by atoms with Crippen LogP contribution in [0.1, 0.15) is 13.3 Å². The van der Waals surface area contributed by atoms with E-state index in [-0.39, 0.29) is 0 Å². The van der Waals surface area contributed by atoms with E-state index < -0.39 is 0 Å². The van der Waals surface area contributed by atoms with Crippen molar-refractivity contribution in [2.45, 2.75) is 23.4 Å². The Morgan fingerprint density at radius 2 is 2.00 bits per heavy atom. The van der Waals surface area contributed by atoms with Crippen LogP contribution in [0.3, 0.4) is 0 Å². The Kier molecular flexibility index (Phi) is 4.41. The van der Waals surface area contributed by atoms with E-state index in [0.717, 1.165) is 17.1 Å². The summed E-state index contributed by atoms with van der Waals surface area (Å²) < 4.78 is 5.58. The van der Waals surface area contributed by atoms with Crippen LogP contribution >= 0.6 is 11.8 Å². The van der Waals surface area contributed by atoms with Crippen molar-refractivity contribution in [3.8, 4) is 5.75 Å². The quantitative estimate of drug-likeness (QED) is 0.662. The van der Waals surface area contributed by atoms with Gasteiger partial charge in [-0.3, -0.25) is 0 Å². The molecule has 0 spiro atoms. The summed E-state index contributed by atoms with van der Waals surface area (Å²) in [5.41, 5.74) is 6.53. The second-order valence-electron chi connectivity index (χ2n) is 3.72. The monoisotopic (exact) mass is 261 g/mol. The molecule has 0 aliphatic carbocycles. The van der Waals surface area contributed by atoms with E-state index in [9.17, 15) is 0 Å². The van der Waals surface area contributed by atoms with E-state index in [1.165, 1.54) is 11.8 Å². The first-order valence-electron chi connectivity index (χ1n) is 5.76. The third-order valence-electron chi connectivity index (χ3n) is 2.13. The number of anilines is 1. The smallest absolute Gasteiger partial charge is 0.192 e. The molecule has 1 aromatic carbocycles. The molecule has 0 saturated carbocycles. The number of nitrogen functional groups attached to an aromatic ring is 1. The molecule has 4 nitrogen and oxygen atoms in total. The Labute approximate surface area is 111 Å².